The van der Waals surface area contributed by atoms with E-state index < -0.39 is 0 Å². The van der Waals surface area contributed by atoms with Crippen LogP contribution in [-0.4, -0.2) is 45.9 Å². The average molecular weight is 259 g/mol. The lowest BCUT2D eigenvalue weighted by molar-refractivity contribution is -0.136. The third-order valence-corrected chi connectivity index (χ3v) is 4.49. The molecule has 4 rings (SSSR count). The largest absolute Gasteiger partial charge is 0.336 e. The van der Waals surface area contributed by atoms with Gasteiger partial charge < -0.3 is 10.2 Å². The molecule has 0 saturated heterocycles. The third kappa shape index (κ3) is 1.78. The van der Waals surface area contributed by atoms with Gasteiger partial charge in [-0.3, -0.25) is 4.79 Å². The van der Waals surface area contributed by atoms with Gasteiger partial charge in [-0.05, 0) is 12.8 Å². The molecular weight excluding hydrogens is 242 g/mol. The zero-order valence-corrected chi connectivity index (χ0v) is 10.8. The highest BCUT2D eigenvalue weighted by atomic mass is 16.2. The van der Waals surface area contributed by atoms with Gasteiger partial charge in [-0.2, -0.15) is 15.4 Å². The lowest BCUT2D eigenvalue weighted by atomic mass is 10.0. The van der Waals surface area contributed by atoms with Crippen molar-refractivity contribution in [3.8, 4) is 0 Å². The van der Waals surface area contributed by atoms with E-state index in [1.165, 1.54) is 11.1 Å². The molecule has 1 aliphatic carbocycles. The molecule has 0 atom stereocenters. The number of carbonyl (C=O) groups is 1. The summed E-state index contributed by atoms with van der Waals surface area (Å²) in [7, 11) is 0. The molecule has 1 aromatic rings. The Morgan fingerprint density at radius 3 is 2.68 bits per heavy atom. The normalized spacial score (nSPS) is 22.8. The summed E-state index contributed by atoms with van der Waals surface area (Å²) in [5.41, 5.74) is 4.88. The van der Waals surface area contributed by atoms with Gasteiger partial charge in [0.2, 0.25) is 5.91 Å². The van der Waals surface area contributed by atoms with Crippen LogP contribution in [0.5, 0.6) is 0 Å². The Hall–Kier alpha value is -1.69. The van der Waals surface area contributed by atoms with Crippen molar-refractivity contribution in [2.24, 2.45) is 5.92 Å². The van der Waals surface area contributed by atoms with Gasteiger partial charge in [-0.25, -0.2) is 0 Å². The molecule has 0 fully saturated rings. The zero-order valence-electron chi connectivity index (χ0n) is 10.8. The fourth-order valence-corrected chi connectivity index (χ4v) is 3.44. The number of carbonyl (C=O) groups excluding carboxylic acids is 1. The van der Waals surface area contributed by atoms with Crippen molar-refractivity contribution in [2.75, 3.05) is 19.6 Å². The molecule has 0 bridgehead atoms. The van der Waals surface area contributed by atoms with Crippen LogP contribution in [0.15, 0.2) is 11.1 Å². The highest BCUT2D eigenvalue weighted by Gasteiger charge is 2.35. The summed E-state index contributed by atoms with van der Waals surface area (Å²) in [6.07, 6.45) is 2.71. The van der Waals surface area contributed by atoms with E-state index in [1.54, 1.807) is 0 Å². The van der Waals surface area contributed by atoms with Gasteiger partial charge in [0.1, 0.15) is 5.69 Å². The molecule has 0 aromatic carbocycles. The van der Waals surface area contributed by atoms with E-state index in [-0.39, 0.29) is 5.92 Å². The second-order valence-corrected chi connectivity index (χ2v) is 5.64. The van der Waals surface area contributed by atoms with Crippen LogP contribution < -0.4 is 5.32 Å². The number of nitrogens with one attached hydrogen (secondary N) is 2. The summed E-state index contributed by atoms with van der Waals surface area (Å²) in [4.78, 5) is 14.5. The van der Waals surface area contributed by atoms with Gasteiger partial charge in [0.25, 0.3) is 0 Å². The summed E-state index contributed by atoms with van der Waals surface area (Å²) in [6.45, 7) is 3.35. The van der Waals surface area contributed by atoms with Gasteiger partial charge in [0.05, 0.1) is 12.2 Å². The molecule has 6 heteroatoms. The van der Waals surface area contributed by atoms with Crippen molar-refractivity contribution in [2.45, 2.75) is 25.8 Å². The van der Waals surface area contributed by atoms with Crippen LogP contribution in [0.2, 0.25) is 0 Å². The Labute approximate surface area is 111 Å². The molecule has 2 aliphatic heterocycles. The number of aromatic nitrogens is 3. The molecule has 3 aliphatic rings. The Bertz CT molecular complexity index is 545. The highest BCUT2D eigenvalue weighted by Crippen LogP contribution is 2.35. The maximum Gasteiger partial charge on any atom is 0.226 e. The molecule has 3 heterocycles. The van der Waals surface area contributed by atoms with Crippen molar-refractivity contribution in [3.63, 3.8) is 0 Å². The van der Waals surface area contributed by atoms with Crippen molar-refractivity contribution in [3.05, 3.63) is 22.5 Å². The fourth-order valence-electron chi connectivity index (χ4n) is 3.44. The summed E-state index contributed by atoms with van der Waals surface area (Å²) < 4.78 is 0. The van der Waals surface area contributed by atoms with Crippen molar-refractivity contribution < 1.29 is 4.79 Å². The molecule has 6 nitrogen and oxygen atoms in total. The lowest BCUT2D eigenvalue weighted by Gasteiger charge is -2.28. The van der Waals surface area contributed by atoms with Crippen LogP contribution in [-0.2, 0) is 17.8 Å². The van der Waals surface area contributed by atoms with Crippen LogP contribution in [0.3, 0.4) is 0 Å². The van der Waals surface area contributed by atoms with E-state index in [0.717, 1.165) is 50.3 Å². The molecule has 19 heavy (non-hydrogen) atoms. The molecule has 100 valence electrons. The second-order valence-electron chi connectivity index (χ2n) is 5.64. The average Bonchev–Trinajstić information content (AvgIpc) is 3.11. The number of nitrogens with zero attached hydrogens (tertiary/aromatic N) is 3. The Morgan fingerprint density at radius 2 is 1.89 bits per heavy atom. The number of amides is 1. The molecular formula is C13H17N5O. The SMILES string of the molecule is O=C(C1CC2=C(CNC2)C1)N1CCc2n[nH]nc2C1. The Morgan fingerprint density at radius 1 is 1.16 bits per heavy atom. The minimum absolute atomic E-state index is 0.167. The van der Waals surface area contributed by atoms with E-state index in [2.05, 4.69) is 20.7 Å². The molecule has 1 aromatic heterocycles. The summed E-state index contributed by atoms with van der Waals surface area (Å²) in [6, 6.07) is 0. The quantitative estimate of drug-likeness (QED) is 0.696. The number of rotatable bonds is 1. The number of fused-ring (bicyclic) bond motifs is 1. The number of hydrogen-bond donors (Lipinski definition) is 2. The van der Waals surface area contributed by atoms with E-state index >= 15 is 0 Å². The van der Waals surface area contributed by atoms with Gasteiger partial charge >= 0.3 is 0 Å². The smallest absolute Gasteiger partial charge is 0.226 e. The molecule has 0 saturated carbocycles. The van der Waals surface area contributed by atoms with Gasteiger partial charge in [-0.1, -0.05) is 11.1 Å². The number of H-pyrrole nitrogens is 1. The fraction of sp³-hybridized carbons (Fsp3) is 0.615. The number of aromatic amines is 1. The standard InChI is InChI=1S/C13H17N5O/c19-13(8-3-9-5-14-6-10(9)4-8)18-2-1-11-12(7-18)16-17-15-11/h8,14H,1-7H2,(H,15,16,17). The van der Waals surface area contributed by atoms with Crippen LogP contribution in [0, 0.1) is 5.92 Å². The Kier molecular flexibility index (Phi) is 2.44. The van der Waals surface area contributed by atoms with Crippen molar-refractivity contribution in [1.82, 2.24) is 25.6 Å². The van der Waals surface area contributed by atoms with Gasteiger partial charge in [0, 0.05) is 32.0 Å². The Balaban J connectivity index is 1.45. The predicted octanol–water partition coefficient (Wildman–Crippen LogP) is -0.000800. The predicted molar refractivity (Wildman–Crippen MR) is 68.1 cm³/mol. The molecule has 2 N–H and O–H groups in total. The summed E-state index contributed by atoms with van der Waals surface area (Å²) in [5.74, 6) is 0.462. The van der Waals surface area contributed by atoms with Crippen LogP contribution in [0.1, 0.15) is 24.2 Å². The van der Waals surface area contributed by atoms with E-state index in [1.807, 2.05) is 4.90 Å². The lowest BCUT2D eigenvalue weighted by Crippen LogP contribution is -2.39. The highest BCUT2D eigenvalue weighted by molar-refractivity contribution is 5.80. The van der Waals surface area contributed by atoms with Crippen LogP contribution in [0.4, 0.5) is 0 Å². The molecule has 0 unspecified atom stereocenters. The monoisotopic (exact) mass is 259 g/mol. The van der Waals surface area contributed by atoms with Crippen LogP contribution >= 0.6 is 0 Å². The first-order chi connectivity index (χ1) is 9.31. The summed E-state index contributed by atoms with van der Waals surface area (Å²) >= 11 is 0. The van der Waals surface area contributed by atoms with Gasteiger partial charge in [0.15, 0.2) is 0 Å². The first kappa shape index (κ1) is 11.2. The number of hydrogen-bond acceptors (Lipinski definition) is 4. The van der Waals surface area contributed by atoms with Gasteiger partial charge in [-0.15, -0.1) is 0 Å². The van der Waals surface area contributed by atoms with Crippen molar-refractivity contribution in [1.29, 1.82) is 0 Å². The topological polar surface area (TPSA) is 73.9 Å². The first-order valence-electron chi connectivity index (χ1n) is 6.89. The first-order valence-corrected chi connectivity index (χ1v) is 6.89. The maximum atomic E-state index is 12.6. The maximum absolute atomic E-state index is 12.6. The minimum atomic E-state index is 0.167. The van der Waals surface area contributed by atoms with E-state index in [0.29, 0.717) is 12.5 Å². The van der Waals surface area contributed by atoms with E-state index in [4.69, 9.17) is 0 Å². The van der Waals surface area contributed by atoms with Crippen LogP contribution in [0.25, 0.3) is 0 Å². The second kappa shape index (κ2) is 4.16. The minimum Gasteiger partial charge on any atom is -0.336 e. The molecule has 0 radical (unpaired) electrons. The zero-order chi connectivity index (χ0) is 12.8. The van der Waals surface area contributed by atoms with E-state index in [9.17, 15) is 4.79 Å². The molecule has 1 amide bonds. The molecule has 0 spiro atoms. The van der Waals surface area contributed by atoms with Crippen molar-refractivity contribution >= 4 is 5.91 Å². The summed E-state index contributed by atoms with van der Waals surface area (Å²) in [5, 5.41) is 14.2. The third-order valence-electron chi connectivity index (χ3n) is 4.49.